The molecule has 1 aliphatic carbocycles. The first-order valence-electron chi connectivity index (χ1n) is 22.7. The molecule has 4 fully saturated rings. The van der Waals surface area contributed by atoms with Gasteiger partial charge in [-0.2, -0.15) is 5.26 Å². The second kappa shape index (κ2) is 18.6. The molecule has 1 aromatic heterocycles. The highest BCUT2D eigenvalue weighted by atomic mass is 19.1. The van der Waals surface area contributed by atoms with Gasteiger partial charge in [0.2, 0.25) is 11.8 Å². The van der Waals surface area contributed by atoms with Crippen LogP contribution in [0.2, 0.25) is 0 Å². The van der Waals surface area contributed by atoms with Crippen LogP contribution in [0.25, 0.3) is 10.9 Å². The molecule has 1 saturated carbocycles. The van der Waals surface area contributed by atoms with Gasteiger partial charge >= 0.3 is 0 Å². The lowest BCUT2D eigenvalue weighted by Crippen LogP contribution is -2.58. The number of amides is 5. The molecule has 4 aromatic rings. The van der Waals surface area contributed by atoms with Crippen LogP contribution in [0.5, 0.6) is 5.75 Å². The van der Waals surface area contributed by atoms with Crippen molar-refractivity contribution in [3.05, 3.63) is 94.9 Å². The maximum Gasteiger partial charge on any atom is 0.262 e. The number of nitrogens with one attached hydrogen (secondary N) is 2. The van der Waals surface area contributed by atoms with Gasteiger partial charge in [0.25, 0.3) is 17.7 Å². The van der Waals surface area contributed by atoms with Crippen LogP contribution in [-0.4, -0.2) is 133 Å². The number of piperidine rings is 2. The number of rotatable bonds is 11. The van der Waals surface area contributed by atoms with Crippen LogP contribution in [0.3, 0.4) is 0 Å². The average Bonchev–Trinajstić information content (AvgIpc) is 3.55. The zero-order valence-electron chi connectivity index (χ0n) is 36.8. The number of imide groups is 2. The fraction of sp³-hybridized carbons (Fsp3) is 0.449. The number of nitriles is 1. The Bertz CT molecular complexity index is 2560. The predicted octanol–water partition coefficient (Wildman–Crippen LogP) is 4.74. The second-order valence-corrected chi connectivity index (χ2v) is 18.3. The van der Waals surface area contributed by atoms with E-state index >= 15 is 4.39 Å². The molecule has 2 atom stereocenters. The topological polar surface area (TPSA) is 172 Å². The van der Waals surface area contributed by atoms with Crippen LogP contribution in [0, 0.1) is 23.1 Å². The summed E-state index contributed by atoms with van der Waals surface area (Å²) in [5, 5.41) is 15.6. The molecule has 0 spiro atoms. The molecule has 5 aliphatic rings. The number of aromatic nitrogens is 1. The van der Waals surface area contributed by atoms with Crippen molar-refractivity contribution in [2.45, 2.75) is 75.6 Å². The summed E-state index contributed by atoms with van der Waals surface area (Å²) in [6.45, 7) is 5.44. The van der Waals surface area contributed by atoms with Crippen LogP contribution in [0.15, 0.2) is 66.9 Å². The largest absolute Gasteiger partial charge is 0.490 e. The summed E-state index contributed by atoms with van der Waals surface area (Å²) in [4.78, 5) is 78.8. The van der Waals surface area contributed by atoms with E-state index < -0.39 is 35.5 Å². The summed E-state index contributed by atoms with van der Waals surface area (Å²) in [6.07, 6.45) is 6.61. The van der Waals surface area contributed by atoms with E-state index in [4.69, 9.17) is 4.74 Å². The number of hydrogen-bond acceptors (Lipinski definition) is 12. The second-order valence-electron chi connectivity index (χ2n) is 18.3. The summed E-state index contributed by atoms with van der Waals surface area (Å²) in [7, 11) is 4.12. The van der Waals surface area contributed by atoms with Gasteiger partial charge in [-0.3, -0.25) is 44.1 Å². The van der Waals surface area contributed by atoms with Gasteiger partial charge in [0, 0.05) is 87.2 Å². The summed E-state index contributed by atoms with van der Waals surface area (Å²) >= 11 is 0. The molecule has 0 unspecified atom stereocenters. The number of hydrogen-bond donors (Lipinski definition) is 2. The van der Waals surface area contributed by atoms with Crippen LogP contribution >= 0.6 is 0 Å². The van der Waals surface area contributed by atoms with Crippen molar-refractivity contribution in [3.8, 4) is 11.8 Å². The zero-order chi connectivity index (χ0) is 45.4. The fourth-order valence-corrected chi connectivity index (χ4v) is 10.3. The first-order chi connectivity index (χ1) is 31.4. The highest BCUT2D eigenvalue weighted by Gasteiger charge is 2.45. The SMILES string of the molecule is CN(C)C[C@H]1CN(c2ccc3c(c2)C(=O)N([C@H]2CCC(=O)NC2=O)C3=O)CCN1CC1CCN(c2ccc(C(=O)NC3CCC(Oc4ccc(C#N)c5ncccc45)CC3)cc2F)CC1. The van der Waals surface area contributed by atoms with Crippen molar-refractivity contribution in [2.24, 2.45) is 5.92 Å². The number of benzene rings is 3. The lowest BCUT2D eigenvalue weighted by Gasteiger charge is -2.45. The molecule has 0 radical (unpaired) electrons. The van der Waals surface area contributed by atoms with Crippen LogP contribution < -0.4 is 25.2 Å². The summed E-state index contributed by atoms with van der Waals surface area (Å²) in [6, 6.07) is 18.7. The standard InChI is InChI=1S/C49H54FN9O6/c1-55(2)28-35-29-58(34-9-12-37-39(25-34)49(64)59(48(37)63)42-14-16-44(60)54-47(42)62)23-22-57(35)27-30-17-20-56(21-18-30)41-13-5-31(24-40(41)50)46(61)53-33-7-10-36(11-8-33)65-43-15-6-32(26-51)45-38(43)4-3-19-52-45/h3-6,9,12-13,15,19,24-25,30,33,35-36,42H,7-8,10-11,14,16-18,20-23,27-29H2,1-2H3,(H,53,61)(H,54,60,62)/t33?,35-,36?,42-/m0/s1. The van der Waals surface area contributed by atoms with Gasteiger partial charge in [-0.15, -0.1) is 0 Å². The Labute approximate surface area is 377 Å². The Morgan fingerprint density at radius 2 is 1.69 bits per heavy atom. The molecule has 0 bridgehead atoms. The van der Waals surface area contributed by atoms with E-state index in [0.717, 1.165) is 87.2 Å². The van der Waals surface area contributed by atoms with Crippen LogP contribution in [0.4, 0.5) is 15.8 Å². The van der Waals surface area contributed by atoms with E-state index in [-0.39, 0.29) is 48.1 Å². The Morgan fingerprint density at radius 3 is 2.43 bits per heavy atom. The number of carbonyl (C=O) groups is 5. The molecule has 16 heteroatoms. The van der Waals surface area contributed by atoms with Gasteiger partial charge in [0.15, 0.2) is 0 Å². The molecular weight excluding hydrogens is 830 g/mol. The van der Waals surface area contributed by atoms with E-state index in [9.17, 15) is 29.2 Å². The van der Waals surface area contributed by atoms with Crippen LogP contribution in [0.1, 0.15) is 88.0 Å². The third-order valence-corrected chi connectivity index (χ3v) is 13.8. The number of likely N-dealkylation sites (N-methyl/N-ethyl adjacent to an activating group) is 1. The lowest BCUT2D eigenvalue weighted by molar-refractivity contribution is -0.136. The van der Waals surface area contributed by atoms with Crippen LogP contribution in [-0.2, 0) is 9.59 Å². The summed E-state index contributed by atoms with van der Waals surface area (Å²) < 4.78 is 22.1. The molecule has 15 nitrogen and oxygen atoms in total. The fourth-order valence-electron chi connectivity index (χ4n) is 10.3. The van der Waals surface area contributed by atoms with Gasteiger partial charge in [-0.1, -0.05) is 0 Å². The van der Waals surface area contributed by atoms with Gasteiger partial charge in [0.05, 0.1) is 34.0 Å². The number of piperazine rings is 1. The highest BCUT2D eigenvalue weighted by Crippen LogP contribution is 2.34. The van der Waals surface area contributed by atoms with Gasteiger partial charge in [-0.05, 0) is 126 Å². The Kier molecular flexibility index (Phi) is 12.5. The molecule has 338 valence electrons. The molecule has 4 aliphatic heterocycles. The minimum atomic E-state index is -1.01. The zero-order valence-corrected chi connectivity index (χ0v) is 36.8. The number of fused-ring (bicyclic) bond motifs is 2. The van der Waals surface area contributed by atoms with E-state index in [1.807, 2.05) is 24.3 Å². The van der Waals surface area contributed by atoms with E-state index in [1.54, 1.807) is 36.5 Å². The predicted molar refractivity (Wildman–Crippen MR) is 241 cm³/mol. The first kappa shape index (κ1) is 43.8. The maximum absolute atomic E-state index is 15.7. The van der Waals surface area contributed by atoms with Crippen molar-refractivity contribution in [3.63, 3.8) is 0 Å². The molecule has 5 heterocycles. The smallest absolute Gasteiger partial charge is 0.262 e. The van der Waals surface area contributed by atoms with E-state index in [2.05, 4.69) is 55.4 Å². The monoisotopic (exact) mass is 883 g/mol. The average molecular weight is 884 g/mol. The van der Waals surface area contributed by atoms with Crippen molar-refractivity contribution >= 4 is 51.8 Å². The van der Waals surface area contributed by atoms with E-state index in [0.29, 0.717) is 47.1 Å². The molecular formula is C49H54FN9O6. The van der Waals surface area contributed by atoms with Crippen molar-refractivity contribution < 1.29 is 33.1 Å². The van der Waals surface area contributed by atoms with Crippen molar-refractivity contribution in [1.82, 2.24) is 30.3 Å². The molecule has 3 saturated heterocycles. The normalized spacial score (nSPS) is 23.2. The number of anilines is 2. The lowest BCUT2D eigenvalue weighted by atomic mass is 9.92. The van der Waals surface area contributed by atoms with Gasteiger partial charge in [-0.25, -0.2) is 4.39 Å². The van der Waals surface area contributed by atoms with Gasteiger partial charge in [0.1, 0.15) is 23.7 Å². The minimum Gasteiger partial charge on any atom is -0.490 e. The minimum absolute atomic E-state index is 0.0285. The molecule has 5 amide bonds. The number of halogens is 1. The summed E-state index contributed by atoms with van der Waals surface area (Å²) in [5.41, 5.74) is 3.33. The number of pyridine rings is 1. The first-order valence-corrected chi connectivity index (χ1v) is 22.7. The number of carbonyl (C=O) groups excluding carboxylic acids is 5. The molecule has 65 heavy (non-hydrogen) atoms. The van der Waals surface area contributed by atoms with Gasteiger partial charge < -0.3 is 24.8 Å². The third-order valence-electron chi connectivity index (χ3n) is 13.8. The molecule has 2 N–H and O–H groups in total. The number of nitrogens with zero attached hydrogens (tertiary/aromatic N) is 7. The quantitative estimate of drug-likeness (QED) is 0.199. The molecule has 3 aromatic carbocycles. The Morgan fingerprint density at radius 1 is 0.908 bits per heavy atom. The van der Waals surface area contributed by atoms with E-state index in [1.165, 1.54) is 6.07 Å². The summed E-state index contributed by atoms with van der Waals surface area (Å²) in [5.74, 6) is -1.62. The Hall–Kier alpha value is -6.44. The maximum atomic E-state index is 15.7. The highest BCUT2D eigenvalue weighted by molar-refractivity contribution is 6.23. The van der Waals surface area contributed by atoms with Crippen molar-refractivity contribution in [1.29, 1.82) is 5.26 Å². The van der Waals surface area contributed by atoms with Crippen molar-refractivity contribution in [2.75, 3.05) is 69.7 Å². The third kappa shape index (κ3) is 9.12. The number of ether oxygens (including phenoxy) is 1. The Balaban J connectivity index is 0.753. The molecule has 9 rings (SSSR count).